The second kappa shape index (κ2) is 3.37. The van der Waals surface area contributed by atoms with Gasteiger partial charge in [-0.05, 0) is 15.9 Å². The quantitative estimate of drug-likeness (QED) is 0.801. The van der Waals surface area contributed by atoms with Crippen molar-refractivity contribution in [3.63, 3.8) is 0 Å². The van der Waals surface area contributed by atoms with E-state index >= 15 is 0 Å². The van der Waals surface area contributed by atoms with Crippen molar-refractivity contribution >= 4 is 26.3 Å². The minimum absolute atomic E-state index is 0.209. The summed E-state index contributed by atoms with van der Waals surface area (Å²) >= 11 is 3.20. The lowest BCUT2D eigenvalue weighted by molar-refractivity contribution is 0.329. The van der Waals surface area contributed by atoms with Gasteiger partial charge in [0.25, 0.3) is 0 Å². The molecule has 1 aromatic rings. The molecule has 1 aromatic heterocycles. The Bertz CT molecular complexity index is 385. The molecule has 4 nitrogen and oxygen atoms in total. The van der Waals surface area contributed by atoms with Gasteiger partial charge in [0.05, 0.1) is 5.71 Å². The van der Waals surface area contributed by atoms with Crippen LogP contribution in [-0.2, 0) is 6.67 Å². The van der Waals surface area contributed by atoms with Gasteiger partial charge in [0.2, 0.25) is 0 Å². The average Bonchev–Trinajstić information content (AvgIpc) is 2.71. The van der Waals surface area contributed by atoms with Crippen LogP contribution in [0.4, 0.5) is 4.39 Å². The lowest BCUT2D eigenvalue weighted by Crippen LogP contribution is -1.99. The first-order chi connectivity index (χ1) is 6.29. The van der Waals surface area contributed by atoms with Crippen LogP contribution < -0.4 is 0 Å². The van der Waals surface area contributed by atoms with E-state index in [4.69, 9.17) is 0 Å². The summed E-state index contributed by atoms with van der Waals surface area (Å²) in [5, 5.41) is 11.3. The lowest BCUT2D eigenvalue weighted by atomic mass is 10.2. The van der Waals surface area contributed by atoms with Crippen LogP contribution in [0, 0.1) is 0 Å². The van der Waals surface area contributed by atoms with Gasteiger partial charge in [0.15, 0.2) is 5.76 Å². The summed E-state index contributed by atoms with van der Waals surface area (Å²) in [6, 6.07) is 1.53. The molecule has 0 fully saturated rings. The van der Waals surface area contributed by atoms with Crippen molar-refractivity contribution < 1.29 is 8.91 Å². The normalized spacial score (nSPS) is 15.8. The van der Waals surface area contributed by atoms with E-state index in [2.05, 4.69) is 35.8 Å². The van der Waals surface area contributed by atoms with Gasteiger partial charge >= 0.3 is 0 Å². The Kier molecular flexibility index (Phi) is 2.22. The van der Waals surface area contributed by atoms with Crippen molar-refractivity contribution in [3.8, 4) is 0 Å². The van der Waals surface area contributed by atoms with Gasteiger partial charge in [-0.15, -0.1) is 5.10 Å². The Hall–Kier alpha value is -1.04. The molecule has 0 spiro atoms. The second-order valence-corrected chi connectivity index (χ2v) is 3.43. The second-order valence-electron chi connectivity index (χ2n) is 2.51. The van der Waals surface area contributed by atoms with Crippen molar-refractivity contribution in [2.45, 2.75) is 13.1 Å². The van der Waals surface area contributed by atoms with Crippen molar-refractivity contribution in [2.75, 3.05) is 0 Å². The maximum Gasteiger partial charge on any atom is 0.168 e. The first-order valence-electron chi connectivity index (χ1n) is 3.60. The van der Waals surface area contributed by atoms with Crippen LogP contribution in [-0.4, -0.2) is 15.5 Å². The highest BCUT2D eigenvalue weighted by atomic mass is 79.9. The van der Waals surface area contributed by atoms with E-state index in [0.717, 1.165) is 4.62 Å². The Labute approximate surface area is 81.6 Å². The molecule has 6 heteroatoms. The molecule has 0 radical (unpaired) electrons. The van der Waals surface area contributed by atoms with Gasteiger partial charge in [-0.2, -0.15) is 5.10 Å². The summed E-state index contributed by atoms with van der Waals surface area (Å²) in [6.45, 7) is -0.650. The summed E-state index contributed by atoms with van der Waals surface area (Å²) < 4.78 is 17.5. The standard InChI is InChI=1S/C7H5BrFN3O/c8-7-2-5(10-11-7)6-1-4(3-9)13-12-6/h1H,2-3H2. The van der Waals surface area contributed by atoms with E-state index in [0.29, 0.717) is 17.8 Å². The van der Waals surface area contributed by atoms with Crippen molar-refractivity contribution in [3.05, 3.63) is 17.5 Å². The number of halogens is 2. The van der Waals surface area contributed by atoms with E-state index in [1.165, 1.54) is 6.07 Å². The summed E-state index contributed by atoms with van der Waals surface area (Å²) in [7, 11) is 0. The highest BCUT2D eigenvalue weighted by Gasteiger charge is 2.16. The fourth-order valence-corrected chi connectivity index (χ4v) is 1.32. The third kappa shape index (κ3) is 1.67. The highest BCUT2D eigenvalue weighted by Crippen LogP contribution is 2.15. The molecule has 0 unspecified atom stereocenters. The average molecular weight is 246 g/mol. The number of alkyl halides is 1. The van der Waals surface area contributed by atoms with Crippen LogP contribution in [0.15, 0.2) is 20.8 Å². The first kappa shape index (κ1) is 8.55. The first-order valence-corrected chi connectivity index (χ1v) is 4.39. The number of rotatable bonds is 2. The van der Waals surface area contributed by atoms with Crippen LogP contribution in [0.2, 0.25) is 0 Å². The zero-order chi connectivity index (χ0) is 9.26. The summed E-state index contributed by atoms with van der Waals surface area (Å²) in [4.78, 5) is 0. The molecule has 0 aromatic carbocycles. The Morgan fingerprint density at radius 3 is 2.92 bits per heavy atom. The molecule has 2 heterocycles. The molecule has 0 aliphatic carbocycles. The third-order valence-electron chi connectivity index (χ3n) is 1.58. The van der Waals surface area contributed by atoms with Gasteiger partial charge in [-0.3, -0.25) is 0 Å². The Morgan fingerprint density at radius 2 is 2.38 bits per heavy atom. The molecule has 68 valence electrons. The molecule has 13 heavy (non-hydrogen) atoms. The van der Waals surface area contributed by atoms with E-state index in [-0.39, 0.29) is 5.76 Å². The monoisotopic (exact) mass is 245 g/mol. The smallest absolute Gasteiger partial charge is 0.168 e. The van der Waals surface area contributed by atoms with E-state index in [9.17, 15) is 4.39 Å². The molecule has 1 aliphatic heterocycles. The van der Waals surface area contributed by atoms with Gasteiger partial charge in [-0.1, -0.05) is 5.16 Å². The molecular weight excluding hydrogens is 241 g/mol. The molecule has 0 saturated carbocycles. The SMILES string of the molecule is FCc1cc(C2=NN=C(Br)C2)no1. The van der Waals surface area contributed by atoms with Crippen LogP contribution >= 0.6 is 15.9 Å². The van der Waals surface area contributed by atoms with Gasteiger partial charge < -0.3 is 4.52 Å². The minimum Gasteiger partial charge on any atom is -0.358 e. The maximum absolute atomic E-state index is 12.1. The third-order valence-corrected chi connectivity index (χ3v) is 2.02. The zero-order valence-electron chi connectivity index (χ0n) is 6.50. The van der Waals surface area contributed by atoms with Crippen LogP contribution in [0.3, 0.4) is 0 Å². The summed E-state index contributed by atoms with van der Waals surface area (Å²) in [5.74, 6) is 0.209. The Morgan fingerprint density at radius 1 is 1.54 bits per heavy atom. The molecule has 2 rings (SSSR count). The van der Waals surface area contributed by atoms with E-state index in [1.807, 2.05) is 0 Å². The Balaban J connectivity index is 2.19. The summed E-state index contributed by atoms with van der Waals surface area (Å²) in [5.41, 5.74) is 1.24. The minimum atomic E-state index is -0.650. The predicted molar refractivity (Wildman–Crippen MR) is 48.8 cm³/mol. The van der Waals surface area contributed by atoms with Gasteiger partial charge in [0, 0.05) is 12.5 Å². The number of aromatic nitrogens is 1. The number of hydrogen-bond donors (Lipinski definition) is 0. The summed E-state index contributed by atoms with van der Waals surface area (Å²) in [6.07, 6.45) is 0.582. The fraction of sp³-hybridized carbons (Fsp3) is 0.286. The van der Waals surface area contributed by atoms with Crippen LogP contribution in [0.5, 0.6) is 0 Å². The molecule has 0 N–H and O–H groups in total. The molecular formula is C7H5BrFN3O. The lowest BCUT2D eigenvalue weighted by Gasteiger charge is -1.88. The van der Waals surface area contributed by atoms with Crippen LogP contribution in [0.1, 0.15) is 17.9 Å². The molecule has 0 amide bonds. The van der Waals surface area contributed by atoms with Crippen molar-refractivity contribution in [2.24, 2.45) is 10.2 Å². The predicted octanol–water partition coefficient (Wildman–Crippen LogP) is 2.05. The van der Waals surface area contributed by atoms with Crippen molar-refractivity contribution in [1.82, 2.24) is 5.16 Å². The van der Waals surface area contributed by atoms with E-state index < -0.39 is 6.67 Å². The van der Waals surface area contributed by atoms with Gasteiger partial charge in [-0.25, -0.2) is 4.39 Å². The molecule has 0 saturated heterocycles. The molecule has 0 bridgehead atoms. The number of nitrogens with zero attached hydrogens (tertiary/aromatic N) is 3. The topological polar surface area (TPSA) is 50.8 Å². The fourth-order valence-electron chi connectivity index (χ4n) is 0.977. The zero-order valence-corrected chi connectivity index (χ0v) is 8.08. The van der Waals surface area contributed by atoms with E-state index in [1.54, 1.807) is 0 Å². The van der Waals surface area contributed by atoms with Crippen molar-refractivity contribution in [1.29, 1.82) is 0 Å². The van der Waals surface area contributed by atoms with Crippen LogP contribution in [0.25, 0.3) is 0 Å². The molecule has 1 aliphatic rings. The number of hydrogen-bond acceptors (Lipinski definition) is 4. The molecule has 0 atom stereocenters. The highest BCUT2D eigenvalue weighted by molar-refractivity contribution is 9.18. The largest absolute Gasteiger partial charge is 0.358 e. The maximum atomic E-state index is 12.1. The van der Waals surface area contributed by atoms with Gasteiger partial charge in [0.1, 0.15) is 17.0 Å².